The number of rotatable bonds is 5. The Labute approximate surface area is 182 Å². The van der Waals surface area contributed by atoms with E-state index >= 15 is 0 Å². The minimum atomic E-state index is -0.258. The predicted molar refractivity (Wildman–Crippen MR) is 120 cm³/mol. The Morgan fingerprint density at radius 3 is 2.60 bits per heavy atom. The molecule has 1 atom stereocenters. The van der Waals surface area contributed by atoms with Crippen molar-refractivity contribution < 1.29 is 9.53 Å². The second-order valence-corrected chi connectivity index (χ2v) is 9.64. The molecule has 0 spiro atoms. The van der Waals surface area contributed by atoms with Crippen LogP contribution in [0.3, 0.4) is 0 Å². The first-order chi connectivity index (χ1) is 14.3. The summed E-state index contributed by atoms with van der Waals surface area (Å²) in [5.74, 6) is 0.907. The first-order valence-electron chi connectivity index (χ1n) is 10.3. The number of benzene rings is 1. The number of para-hydroxylation sites is 1. The summed E-state index contributed by atoms with van der Waals surface area (Å²) in [7, 11) is 3.98. The number of thioether (sulfide) groups is 1. The zero-order chi connectivity index (χ0) is 21.5. The Morgan fingerprint density at radius 1 is 1.20 bits per heavy atom. The van der Waals surface area contributed by atoms with Gasteiger partial charge in [0, 0.05) is 50.1 Å². The maximum atomic E-state index is 13.1. The topological polar surface area (TPSA) is 63.5 Å². The van der Waals surface area contributed by atoms with Crippen molar-refractivity contribution >= 4 is 29.2 Å². The Morgan fingerprint density at radius 2 is 1.90 bits per heavy atom. The number of ketones is 1. The number of nitrogens with zero attached hydrogens (tertiary/aromatic N) is 5. The molecule has 30 heavy (non-hydrogen) atoms. The van der Waals surface area contributed by atoms with Crippen LogP contribution < -0.4 is 9.80 Å². The van der Waals surface area contributed by atoms with Gasteiger partial charge in [0.2, 0.25) is 5.95 Å². The summed E-state index contributed by atoms with van der Waals surface area (Å²) >= 11 is 1.45. The third-order valence-electron chi connectivity index (χ3n) is 6.01. The van der Waals surface area contributed by atoms with Crippen molar-refractivity contribution in [1.29, 1.82) is 0 Å². The summed E-state index contributed by atoms with van der Waals surface area (Å²) in [5.41, 5.74) is 3.22. The molecule has 2 aliphatic rings. The van der Waals surface area contributed by atoms with Gasteiger partial charge in [-0.1, -0.05) is 43.8 Å². The van der Waals surface area contributed by atoms with Crippen LogP contribution in [-0.2, 0) is 22.0 Å². The van der Waals surface area contributed by atoms with Crippen LogP contribution in [0, 0.1) is 0 Å². The summed E-state index contributed by atoms with van der Waals surface area (Å²) in [5, 5.41) is 9.17. The molecule has 0 amide bonds. The minimum Gasteiger partial charge on any atom is -0.378 e. The van der Waals surface area contributed by atoms with Gasteiger partial charge in [-0.05, 0) is 18.6 Å². The number of hydrogen-bond donors (Lipinski definition) is 0. The summed E-state index contributed by atoms with van der Waals surface area (Å²) in [4.78, 5) is 17.4. The summed E-state index contributed by atoms with van der Waals surface area (Å²) in [6.45, 7) is 9.28. The molecule has 8 heteroatoms. The predicted octanol–water partition coefficient (Wildman–Crippen LogP) is 3.01. The van der Waals surface area contributed by atoms with Gasteiger partial charge in [-0.25, -0.2) is 0 Å². The third kappa shape index (κ3) is 3.63. The molecule has 1 unspecified atom stereocenters. The molecule has 1 aromatic heterocycles. The maximum Gasteiger partial charge on any atom is 0.227 e. The molecule has 0 saturated carbocycles. The van der Waals surface area contributed by atoms with E-state index in [9.17, 15) is 4.79 Å². The van der Waals surface area contributed by atoms with Gasteiger partial charge in [0.25, 0.3) is 0 Å². The number of likely N-dealkylation sites (N-methyl/N-ethyl adjacent to an activating group) is 1. The van der Waals surface area contributed by atoms with Gasteiger partial charge in [0.1, 0.15) is 0 Å². The number of anilines is 2. The van der Waals surface area contributed by atoms with Gasteiger partial charge in [-0.3, -0.25) is 9.36 Å². The standard InChI is InChI=1S/C22H29N5O2S/c1-15(30-21-24-23-20(26(21)5)27-10-12-29-13-11-27)18(28)14-19-22(2,3)16-8-6-7-9-17(16)25(19)4/h6-9,14-15H,10-13H2,1-5H3/b19-14+. The number of carbonyl (C=O) groups excluding carboxylic acids is 1. The highest BCUT2D eigenvalue weighted by atomic mass is 32.2. The SMILES string of the molecule is CC(Sc1nnc(N2CCOCC2)n1C)C(=O)/C=C1/N(C)c2ccccc2C1(C)C. The zero-order valence-electron chi connectivity index (χ0n) is 18.3. The van der Waals surface area contributed by atoms with E-state index < -0.39 is 0 Å². The zero-order valence-corrected chi connectivity index (χ0v) is 19.1. The van der Waals surface area contributed by atoms with Gasteiger partial charge in [0.15, 0.2) is 10.9 Å². The Hall–Kier alpha value is -2.32. The highest BCUT2D eigenvalue weighted by Gasteiger charge is 2.38. The molecule has 1 fully saturated rings. The summed E-state index contributed by atoms with van der Waals surface area (Å²) in [6.07, 6.45) is 1.80. The van der Waals surface area contributed by atoms with E-state index in [0.29, 0.717) is 13.2 Å². The van der Waals surface area contributed by atoms with Gasteiger partial charge >= 0.3 is 0 Å². The Bertz CT molecular complexity index is 978. The second-order valence-electron chi connectivity index (χ2n) is 8.33. The van der Waals surface area contributed by atoms with Crippen molar-refractivity contribution in [1.82, 2.24) is 14.8 Å². The van der Waals surface area contributed by atoms with E-state index in [1.165, 1.54) is 17.3 Å². The number of aromatic nitrogens is 3. The molecule has 1 aromatic carbocycles. The lowest BCUT2D eigenvalue weighted by Gasteiger charge is -2.27. The van der Waals surface area contributed by atoms with Crippen LogP contribution in [-0.4, -0.2) is 59.1 Å². The fraction of sp³-hybridized carbons (Fsp3) is 0.500. The van der Waals surface area contributed by atoms with E-state index in [0.717, 1.165) is 35.6 Å². The quantitative estimate of drug-likeness (QED) is 0.537. The van der Waals surface area contributed by atoms with E-state index in [2.05, 4.69) is 52.0 Å². The molecule has 7 nitrogen and oxygen atoms in total. The molecular weight excluding hydrogens is 398 g/mol. The fourth-order valence-electron chi connectivity index (χ4n) is 4.18. The number of ether oxygens (including phenoxy) is 1. The van der Waals surface area contributed by atoms with Crippen molar-refractivity contribution in [3.8, 4) is 0 Å². The third-order valence-corrected chi connectivity index (χ3v) is 7.16. The number of allylic oxidation sites excluding steroid dienone is 2. The van der Waals surface area contributed by atoms with Crippen molar-refractivity contribution in [3.63, 3.8) is 0 Å². The molecule has 1 saturated heterocycles. The average molecular weight is 428 g/mol. The molecule has 2 aromatic rings. The number of hydrogen-bond acceptors (Lipinski definition) is 7. The van der Waals surface area contributed by atoms with Gasteiger partial charge in [-0.15, -0.1) is 10.2 Å². The van der Waals surface area contributed by atoms with Crippen LogP contribution in [0.15, 0.2) is 41.2 Å². The van der Waals surface area contributed by atoms with Crippen LogP contribution >= 0.6 is 11.8 Å². The lowest BCUT2D eigenvalue weighted by Crippen LogP contribution is -2.37. The molecule has 3 heterocycles. The smallest absolute Gasteiger partial charge is 0.227 e. The van der Waals surface area contributed by atoms with Crippen LogP contribution in [0.2, 0.25) is 0 Å². The Kier molecular flexibility index (Phi) is 5.63. The molecule has 4 rings (SSSR count). The molecule has 2 aliphatic heterocycles. The van der Waals surface area contributed by atoms with E-state index in [1.54, 1.807) is 6.08 Å². The number of morpholine rings is 1. The first-order valence-corrected chi connectivity index (χ1v) is 11.2. The molecule has 0 bridgehead atoms. The van der Waals surface area contributed by atoms with Crippen LogP contribution in [0.25, 0.3) is 0 Å². The van der Waals surface area contributed by atoms with Crippen LogP contribution in [0.4, 0.5) is 11.6 Å². The summed E-state index contributed by atoms with van der Waals surface area (Å²) < 4.78 is 7.38. The van der Waals surface area contributed by atoms with Crippen molar-refractivity contribution in [2.45, 2.75) is 36.6 Å². The summed E-state index contributed by atoms with van der Waals surface area (Å²) in [6, 6.07) is 8.34. The largest absolute Gasteiger partial charge is 0.378 e. The normalized spacial score (nSPS) is 20.5. The van der Waals surface area contributed by atoms with Crippen molar-refractivity contribution in [2.24, 2.45) is 7.05 Å². The molecule has 160 valence electrons. The molecular formula is C22H29N5O2S. The van der Waals surface area contributed by atoms with Crippen LogP contribution in [0.1, 0.15) is 26.3 Å². The number of carbonyl (C=O) groups is 1. The monoisotopic (exact) mass is 427 g/mol. The van der Waals surface area contributed by atoms with Crippen molar-refractivity contribution in [3.05, 3.63) is 41.6 Å². The van der Waals surface area contributed by atoms with E-state index in [-0.39, 0.29) is 16.4 Å². The first kappa shape index (κ1) is 20.9. The Balaban J connectivity index is 1.50. The van der Waals surface area contributed by atoms with E-state index in [1.807, 2.05) is 31.7 Å². The van der Waals surface area contributed by atoms with Crippen molar-refractivity contribution in [2.75, 3.05) is 43.2 Å². The average Bonchev–Trinajstić information content (AvgIpc) is 3.19. The van der Waals surface area contributed by atoms with Gasteiger partial charge < -0.3 is 14.5 Å². The second kappa shape index (κ2) is 8.07. The van der Waals surface area contributed by atoms with Crippen LogP contribution in [0.5, 0.6) is 0 Å². The highest BCUT2D eigenvalue weighted by Crippen LogP contribution is 2.46. The molecule has 0 N–H and O–H groups in total. The lowest BCUT2D eigenvalue weighted by molar-refractivity contribution is -0.114. The van der Waals surface area contributed by atoms with E-state index in [4.69, 9.17) is 4.74 Å². The van der Waals surface area contributed by atoms with Gasteiger partial charge in [0.05, 0.1) is 18.5 Å². The molecule has 0 radical (unpaired) electrons. The fourth-order valence-corrected chi connectivity index (χ4v) is 5.00. The highest BCUT2D eigenvalue weighted by molar-refractivity contribution is 8.00. The minimum absolute atomic E-state index is 0.0821. The maximum absolute atomic E-state index is 13.1. The number of fused-ring (bicyclic) bond motifs is 1. The lowest BCUT2D eigenvalue weighted by atomic mass is 9.83. The van der Waals surface area contributed by atoms with Gasteiger partial charge in [-0.2, -0.15) is 0 Å². The molecule has 0 aliphatic carbocycles.